The summed E-state index contributed by atoms with van der Waals surface area (Å²) in [5, 5.41) is 7.56. The van der Waals surface area contributed by atoms with Gasteiger partial charge >= 0.3 is 12.2 Å². The number of ether oxygens (including phenoxy) is 2. The number of allylic oxidation sites excluding steroid dienone is 2. The Bertz CT molecular complexity index is 1210. The summed E-state index contributed by atoms with van der Waals surface area (Å²) < 4.78 is 63.6. The molecule has 2 N–H and O–H groups in total. The number of guanidine groups is 1. The number of rotatable bonds is 11. The van der Waals surface area contributed by atoms with E-state index in [-0.39, 0.29) is 16.9 Å². The van der Waals surface area contributed by atoms with Crippen LogP contribution in [0.15, 0.2) is 70.8 Å². The Hall–Kier alpha value is -2.66. The average molecular weight is 656 g/mol. The smallest absolute Gasteiger partial charge is 0.428 e. The fourth-order valence-corrected chi connectivity index (χ4v) is 3.29. The predicted molar refractivity (Wildman–Crippen MR) is 158 cm³/mol. The van der Waals surface area contributed by atoms with E-state index < -0.39 is 21.9 Å². The zero-order valence-electron chi connectivity index (χ0n) is 21.7. The first-order chi connectivity index (χ1) is 19.1. The minimum atomic E-state index is -3.75. The van der Waals surface area contributed by atoms with Crippen molar-refractivity contribution in [3.05, 3.63) is 71.8 Å². The van der Waals surface area contributed by atoms with E-state index in [4.69, 9.17) is 46.4 Å². The van der Waals surface area contributed by atoms with Crippen LogP contribution in [-0.4, -0.2) is 46.7 Å². The third-order valence-corrected chi connectivity index (χ3v) is 6.38. The van der Waals surface area contributed by atoms with Crippen molar-refractivity contribution in [3.8, 4) is 11.5 Å². The van der Waals surface area contributed by atoms with Crippen LogP contribution < -0.4 is 20.2 Å². The summed E-state index contributed by atoms with van der Waals surface area (Å²) in [6.45, 7) is 5.49. The predicted octanol–water partition coefficient (Wildman–Crippen LogP) is 7.89. The van der Waals surface area contributed by atoms with E-state index in [1.807, 2.05) is 0 Å². The van der Waals surface area contributed by atoms with Crippen LogP contribution in [0.5, 0.6) is 11.5 Å². The Kier molecular flexibility index (Phi) is 11.2. The number of hydrogen-bond donors (Lipinski definition) is 2. The molecule has 0 atom stereocenters. The van der Waals surface area contributed by atoms with Crippen molar-refractivity contribution in [2.75, 3.05) is 13.1 Å². The van der Waals surface area contributed by atoms with Gasteiger partial charge in [-0.05, 0) is 47.5 Å². The van der Waals surface area contributed by atoms with Crippen LogP contribution in [0.1, 0.15) is 25.0 Å². The number of hydrazone groups is 1. The van der Waals surface area contributed by atoms with E-state index in [0.717, 1.165) is 0 Å². The molecule has 1 heterocycles. The summed E-state index contributed by atoms with van der Waals surface area (Å²) in [5.41, 5.74) is 4.67. The first-order valence-electron chi connectivity index (χ1n) is 12.0. The van der Waals surface area contributed by atoms with Crippen molar-refractivity contribution in [1.82, 2.24) is 10.7 Å². The molecular weight excluding hydrogens is 630 g/mol. The van der Waals surface area contributed by atoms with Gasteiger partial charge in [-0.15, -0.1) is 0 Å². The van der Waals surface area contributed by atoms with Crippen LogP contribution in [0.4, 0.5) is 17.6 Å². The van der Waals surface area contributed by atoms with E-state index in [1.54, 1.807) is 48.6 Å². The molecule has 0 spiro atoms. The number of aliphatic imine (C=N–C) groups is 1. The van der Waals surface area contributed by atoms with Gasteiger partial charge in [-0.3, -0.25) is 4.99 Å². The van der Waals surface area contributed by atoms with Crippen LogP contribution in [0.25, 0.3) is 12.2 Å². The van der Waals surface area contributed by atoms with Gasteiger partial charge in [0.15, 0.2) is 0 Å². The Labute approximate surface area is 255 Å². The van der Waals surface area contributed by atoms with Crippen LogP contribution in [0.3, 0.4) is 0 Å². The van der Waals surface area contributed by atoms with Crippen LogP contribution in [0, 0.1) is 5.41 Å². The molecule has 0 aliphatic carbocycles. The lowest BCUT2D eigenvalue weighted by molar-refractivity contribution is -0.164. The topological polar surface area (TPSA) is 67.2 Å². The van der Waals surface area contributed by atoms with E-state index in [9.17, 15) is 17.6 Å². The standard InChI is InChI=1S/C27H26Cl4F4N4O2/c1-25(2)15-36-24(37-16-25)39-38-19(9-3-17-5-11-20(12-6-17)40-26(32,33)22(28)29)10-4-18-7-13-21(14-8-18)41-27(34,35)23(30)31/h3-14,22-23H,15-16H2,1-2H3,(H2,36,37,39). The van der Waals surface area contributed by atoms with Crippen molar-refractivity contribution in [3.63, 3.8) is 0 Å². The van der Waals surface area contributed by atoms with Crippen LogP contribution in [-0.2, 0) is 0 Å². The van der Waals surface area contributed by atoms with Crippen LogP contribution >= 0.6 is 46.4 Å². The highest BCUT2D eigenvalue weighted by Crippen LogP contribution is 2.31. The molecule has 0 amide bonds. The molecule has 2 aromatic carbocycles. The maximum absolute atomic E-state index is 13.6. The molecule has 3 rings (SSSR count). The fraction of sp³-hybridized carbons (Fsp3) is 0.333. The van der Waals surface area contributed by atoms with E-state index in [1.165, 1.54) is 24.3 Å². The molecule has 41 heavy (non-hydrogen) atoms. The van der Waals surface area contributed by atoms with Crippen LogP contribution in [0.2, 0.25) is 0 Å². The summed E-state index contributed by atoms with van der Waals surface area (Å²) in [6, 6.07) is 11.6. The summed E-state index contributed by atoms with van der Waals surface area (Å²) in [5.74, 6) is 0.272. The Morgan fingerprint density at radius 2 is 1.32 bits per heavy atom. The van der Waals surface area contributed by atoms with E-state index >= 15 is 0 Å². The number of alkyl halides is 8. The third-order valence-electron chi connectivity index (χ3n) is 5.36. The first kappa shape index (κ1) is 32.8. The maximum atomic E-state index is 13.6. The number of nitrogens with one attached hydrogen (secondary N) is 2. The molecule has 0 fully saturated rings. The Morgan fingerprint density at radius 3 is 1.68 bits per heavy atom. The number of hydrogen-bond acceptors (Lipinski definition) is 6. The lowest BCUT2D eigenvalue weighted by Gasteiger charge is -2.28. The number of halogens is 8. The molecule has 0 unspecified atom stereocenters. The quantitative estimate of drug-likeness (QED) is 0.112. The highest BCUT2D eigenvalue weighted by atomic mass is 35.5. The number of nitrogens with zero attached hydrogens (tertiary/aromatic N) is 2. The fourth-order valence-electron chi connectivity index (χ4n) is 3.11. The monoisotopic (exact) mass is 654 g/mol. The van der Waals surface area contributed by atoms with Gasteiger partial charge in [0.25, 0.3) is 0 Å². The molecule has 14 heteroatoms. The first-order valence-corrected chi connectivity index (χ1v) is 13.8. The van der Waals surface area contributed by atoms with Gasteiger partial charge in [0, 0.05) is 18.5 Å². The highest BCUT2D eigenvalue weighted by molar-refractivity contribution is 6.45. The molecule has 0 aromatic heterocycles. The molecule has 0 bridgehead atoms. The second kappa shape index (κ2) is 14.0. The average Bonchev–Trinajstić information content (AvgIpc) is 2.90. The van der Waals surface area contributed by atoms with Crippen molar-refractivity contribution in [2.24, 2.45) is 15.5 Å². The SMILES string of the molecule is CC1(C)CN=C(NN=C(C=Cc2ccc(OC(F)(F)C(Cl)Cl)cc2)C=Cc2ccc(OC(F)(F)C(Cl)Cl)cc2)NC1. The van der Waals surface area contributed by atoms with Gasteiger partial charge in [-0.1, -0.05) is 96.7 Å². The second-order valence-electron chi connectivity index (χ2n) is 9.56. The zero-order valence-corrected chi connectivity index (χ0v) is 24.8. The van der Waals surface area contributed by atoms with Gasteiger partial charge in [-0.2, -0.15) is 22.7 Å². The third kappa shape index (κ3) is 10.6. The van der Waals surface area contributed by atoms with Gasteiger partial charge in [0.2, 0.25) is 15.6 Å². The normalized spacial score (nSPS) is 15.7. The summed E-state index contributed by atoms with van der Waals surface area (Å²) in [6.07, 6.45) is -0.743. The van der Waals surface area contributed by atoms with Crippen molar-refractivity contribution in [1.29, 1.82) is 0 Å². The lowest BCUT2D eigenvalue weighted by atomic mass is 9.93. The minimum Gasteiger partial charge on any atom is -0.431 e. The molecule has 0 radical (unpaired) electrons. The molecule has 6 nitrogen and oxygen atoms in total. The molecule has 0 saturated carbocycles. The molecule has 0 saturated heterocycles. The molecule has 1 aliphatic heterocycles. The van der Waals surface area contributed by atoms with Gasteiger partial charge in [-0.25, -0.2) is 5.43 Å². The van der Waals surface area contributed by atoms with Gasteiger partial charge in [0.1, 0.15) is 11.5 Å². The van der Waals surface area contributed by atoms with Crippen molar-refractivity contribution in [2.45, 2.75) is 35.7 Å². The molecule has 1 aliphatic rings. The Balaban J connectivity index is 1.76. The van der Waals surface area contributed by atoms with E-state index in [0.29, 0.717) is 35.9 Å². The molecule has 222 valence electrons. The number of benzene rings is 2. The largest absolute Gasteiger partial charge is 0.431 e. The van der Waals surface area contributed by atoms with Gasteiger partial charge < -0.3 is 14.8 Å². The minimum absolute atomic E-state index is 0.0140. The second-order valence-corrected chi connectivity index (χ2v) is 11.8. The van der Waals surface area contributed by atoms with E-state index in [2.05, 4.69) is 44.2 Å². The molecule has 2 aromatic rings. The molecular formula is C27H26Cl4F4N4O2. The van der Waals surface area contributed by atoms with Crippen molar-refractivity contribution >= 4 is 70.2 Å². The summed E-state index contributed by atoms with van der Waals surface area (Å²) >= 11 is 21.0. The summed E-state index contributed by atoms with van der Waals surface area (Å²) in [4.78, 5) is 0.394. The highest BCUT2D eigenvalue weighted by Gasteiger charge is 2.41. The Morgan fingerprint density at radius 1 is 0.878 bits per heavy atom. The maximum Gasteiger partial charge on any atom is 0.428 e. The van der Waals surface area contributed by atoms with Crippen molar-refractivity contribution < 1.29 is 27.0 Å². The lowest BCUT2D eigenvalue weighted by Crippen LogP contribution is -2.46. The summed E-state index contributed by atoms with van der Waals surface area (Å²) in [7, 11) is 0. The van der Waals surface area contributed by atoms with Gasteiger partial charge in [0.05, 0.1) is 5.71 Å². The zero-order chi connectivity index (χ0) is 30.3.